The molecule has 1 aromatic heterocycles. The van der Waals surface area contributed by atoms with E-state index in [0.717, 1.165) is 43.2 Å². The number of hydrogen-bond acceptors (Lipinski definition) is 4. The van der Waals surface area contributed by atoms with E-state index in [0.29, 0.717) is 6.54 Å². The van der Waals surface area contributed by atoms with Gasteiger partial charge in [-0.1, -0.05) is 13.0 Å². The molecule has 0 aromatic carbocycles. The molecule has 0 fully saturated rings. The van der Waals surface area contributed by atoms with Crippen molar-refractivity contribution in [1.82, 2.24) is 9.88 Å². The van der Waals surface area contributed by atoms with Gasteiger partial charge in [-0.05, 0) is 19.5 Å². The summed E-state index contributed by atoms with van der Waals surface area (Å²) in [6.45, 7) is 9.59. The van der Waals surface area contributed by atoms with E-state index in [1.807, 2.05) is 6.08 Å². The minimum absolute atomic E-state index is 0.679. The Balaban J connectivity index is 2.51. The van der Waals surface area contributed by atoms with Crippen LogP contribution in [0.25, 0.3) is 0 Å². The van der Waals surface area contributed by atoms with Crippen molar-refractivity contribution in [1.29, 1.82) is 0 Å². The Bertz CT molecular complexity index is 309. The van der Waals surface area contributed by atoms with E-state index in [-0.39, 0.29) is 0 Å². The van der Waals surface area contributed by atoms with Crippen molar-refractivity contribution >= 4 is 11.3 Å². The summed E-state index contributed by atoms with van der Waals surface area (Å²) >= 11 is 1.71. The third kappa shape index (κ3) is 4.43. The van der Waals surface area contributed by atoms with Crippen molar-refractivity contribution in [2.75, 3.05) is 19.6 Å². The monoisotopic (exact) mass is 239 g/mol. The predicted molar refractivity (Wildman–Crippen MR) is 70.6 cm³/mol. The molecule has 0 aliphatic heterocycles. The summed E-state index contributed by atoms with van der Waals surface area (Å²) < 4.78 is 0. The van der Waals surface area contributed by atoms with E-state index < -0.39 is 0 Å². The lowest BCUT2D eigenvalue weighted by atomic mass is 10.3. The van der Waals surface area contributed by atoms with Crippen molar-refractivity contribution in [3.8, 4) is 0 Å². The van der Waals surface area contributed by atoms with Crippen LogP contribution in [0.4, 0.5) is 0 Å². The van der Waals surface area contributed by atoms with Gasteiger partial charge in [0.1, 0.15) is 0 Å². The Morgan fingerprint density at radius 1 is 1.62 bits per heavy atom. The molecule has 0 spiro atoms. The fourth-order valence-electron chi connectivity index (χ4n) is 1.62. The van der Waals surface area contributed by atoms with Gasteiger partial charge < -0.3 is 5.73 Å². The fraction of sp³-hybridized carbons (Fsp3) is 0.583. The maximum Gasteiger partial charge on any atom is 0.0941 e. The van der Waals surface area contributed by atoms with E-state index in [2.05, 4.69) is 28.8 Å². The number of thiazole rings is 1. The first kappa shape index (κ1) is 13.4. The van der Waals surface area contributed by atoms with Crippen LogP contribution in [0.1, 0.15) is 24.0 Å². The van der Waals surface area contributed by atoms with Crippen LogP contribution in [-0.4, -0.2) is 29.5 Å². The first-order chi connectivity index (χ1) is 7.80. The summed E-state index contributed by atoms with van der Waals surface area (Å²) in [7, 11) is 0. The van der Waals surface area contributed by atoms with Crippen molar-refractivity contribution in [2.45, 2.75) is 26.3 Å². The minimum Gasteiger partial charge on any atom is -0.330 e. The first-order valence-electron chi connectivity index (χ1n) is 5.76. The highest BCUT2D eigenvalue weighted by Crippen LogP contribution is 2.12. The second-order valence-electron chi connectivity index (χ2n) is 3.80. The van der Waals surface area contributed by atoms with Crippen LogP contribution in [0.5, 0.6) is 0 Å². The van der Waals surface area contributed by atoms with Gasteiger partial charge in [-0.2, -0.15) is 0 Å². The molecule has 0 aliphatic carbocycles. The second-order valence-corrected chi connectivity index (χ2v) is 4.74. The molecule has 0 radical (unpaired) electrons. The van der Waals surface area contributed by atoms with Gasteiger partial charge in [0.15, 0.2) is 0 Å². The molecular formula is C12H21N3S. The van der Waals surface area contributed by atoms with E-state index in [1.165, 1.54) is 0 Å². The summed E-state index contributed by atoms with van der Waals surface area (Å²) in [5, 5.41) is 3.28. The molecule has 4 heteroatoms. The van der Waals surface area contributed by atoms with Crippen LogP contribution in [0, 0.1) is 0 Å². The number of hydrogen-bond donors (Lipinski definition) is 1. The lowest BCUT2D eigenvalue weighted by Crippen LogP contribution is -2.24. The molecule has 0 aliphatic rings. The Labute approximate surface area is 102 Å². The van der Waals surface area contributed by atoms with E-state index >= 15 is 0 Å². The molecule has 1 heterocycles. The van der Waals surface area contributed by atoms with Gasteiger partial charge in [0, 0.05) is 24.9 Å². The lowest BCUT2D eigenvalue weighted by Gasteiger charge is -2.18. The lowest BCUT2D eigenvalue weighted by molar-refractivity contribution is 0.292. The average molecular weight is 239 g/mol. The Morgan fingerprint density at radius 3 is 3.06 bits per heavy atom. The molecule has 90 valence electrons. The topological polar surface area (TPSA) is 42.1 Å². The maximum absolute atomic E-state index is 5.51. The van der Waals surface area contributed by atoms with Crippen molar-refractivity contribution in [3.63, 3.8) is 0 Å². The van der Waals surface area contributed by atoms with E-state index in [1.54, 1.807) is 11.3 Å². The molecule has 0 saturated carbocycles. The van der Waals surface area contributed by atoms with E-state index in [9.17, 15) is 0 Å². The summed E-state index contributed by atoms with van der Waals surface area (Å²) in [5.41, 5.74) is 6.67. The Morgan fingerprint density at radius 2 is 2.44 bits per heavy atom. The maximum atomic E-state index is 5.51. The number of nitrogens with zero attached hydrogens (tertiary/aromatic N) is 2. The summed E-state index contributed by atoms with van der Waals surface area (Å²) in [5.74, 6) is 0. The standard InChI is InChI=1S/C12H21N3S/c1-3-7-15(8-4-2)9-11-10-16-12(14-11)5-6-13/h3,10H,1,4-9,13H2,2H3. The average Bonchev–Trinajstić information content (AvgIpc) is 2.67. The van der Waals surface area contributed by atoms with Gasteiger partial charge in [-0.15, -0.1) is 17.9 Å². The van der Waals surface area contributed by atoms with Crippen LogP contribution in [0.2, 0.25) is 0 Å². The zero-order valence-electron chi connectivity index (χ0n) is 9.98. The van der Waals surface area contributed by atoms with Crippen molar-refractivity contribution in [2.24, 2.45) is 5.73 Å². The van der Waals surface area contributed by atoms with Crippen LogP contribution in [0.3, 0.4) is 0 Å². The molecule has 1 aromatic rings. The molecule has 2 N–H and O–H groups in total. The summed E-state index contributed by atoms with van der Waals surface area (Å²) in [6.07, 6.45) is 4.00. The highest BCUT2D eigenvalue weighted by Gasteiger charge is 2.06. The third-order valence-corrected chi connectivity index (χ3v) is 3.23. The molecule has 0 atom stereocenters. The molecule has 0 amide bonds. The first-order valence-corrected chi connectivity index (χ1v) is 6.64. The Kier molecular flexibility index (Phi) is 6.30. The SMILES string of the molecule is C=CCN(CCC)Cc1csc(CCN)n1. The Hall–Kier alpha value is -0.710. The van der Waals surface area contributed by atoms with Crippen molar-refractivity contribution < 1.29 is 0 Å². The van der Waals surface area contributed by atoms with Gasteiger partial charge in [0.25, 0.3) is 0 Å². The number of rotatable bonds is 8. The third-order valence-electron chi connectivity index (χ3n) is 2.27. The summed E-state index contributed by atoms with van der Waals surface area (Å²) in [4.78, 5) is 6.92. The van der Waals surface area contributed by atoms with Gasteiger partial charge in [-0.25, -0.2) is 4.98 Å². The normalized spacial score (nSPS) is 10.9. The molecule has 0 saturated heterocycles. The fourth-order valence-corrected chi connectivity index (χ4v) is 2.43. The van der Waals surface area contributed by atoms with Gasteiger partial charge in [0.05, 0.1) is 10.7 Å². The molecule has 3 nitrogen and oxygen atoms in total. The zero-order chi connectivity index (χ0) is 11.8. The van der Waals surface area contributed by atoms with Gasteiger partial charge in [0.2, 0.25) is 0 Å². The largest absolute Gasteiger partial charge is 0.330 e. The molecule has 1 rings (SSSR count). The van der Waals surface area contributed by atoms with Gasteiger partial charge in [-0.3, -0.25) is 4.90 Å². The quantitative estimate of drug-likeness (QED) is 0.706. The molecule has 16 heavy (non-hydrogen) atoms. The van der Waals surface area contributed by atoms with Crippen LogP contribution < -0.4 is 5.73 Å². The number of nitrogens with two attached hydrogens (primary N) is 1. The second kappa shape index (κ2) is 7.54. The van der Waals surface area contributed by atoms with Gasteiger partial charge >= 0.3 is 0 Å². The number of aromatic nitrogens is 1. The van der Waals surface area contributed by atoms with Crippen LogP contribution in [-0.2, 0) is 13.0 Å². The summed E-state index contributed by atoms with van der Waals surface area (Å²) in [6, 6.07) is 0. The van der Waals surface area contributed by atoms with Crippen LogP contribution in [0.15, 0.2) is 18.0 Å². The molecule has 0 bridgehead atoms. The van der Waals surface area contributed by atoms with E-state index in [4.69, 9.17) is 5.73 Å². The highest BCUT2D eigenvalue weighted by atomic mass is 32.1. The molecule has 0 unspecified atom stereocenters. The van der Waals surface area contributed by atoms with Crippen molar-refractivity contribution in [3.05, 3.63) is 28.7 Å². The molecular weight excluding hydrogens is 218 g/mol. The van der Waals surface area contributed by atoms with Crippen LogP contribution >= 0.6 is 11.3 Å². The predicted octanol–water partition coefficient (Wildman–Crippen LogP) is 2.04. The zero-order valence-corrected chi connectivity index (χ0v) is 10.8. The highest BCUT2D eigenvalue weighted by molar-refractivity contribution is 7.09. The minimum atomic E-state index is 0.679. The smallest absolute Gasteiger partial charge is 0.0941 e.